The molecule has 4 rings (SSSR count). The second-order valence-corrected chi connectivity index (χ2v) is 9.65. The Labute approximate surface area is 189 Å². The number of piperidine rings is 1. The number of ether oxygens (including phenoxy) is 1. The van der Waals surface area contributed by atoms with E-state index in [1.807, 2.05) is 18.2 Å². The molecule has 4 nitrogen and oxygen atoms in total. The summed E-state index contributed by atoms with van der Waals surface area (Å²) in [6.07, 6.45) is 2.97. The fourth-order valence-corrected chi connectivity index (χ4v) is 4.86. The topological polar surface area (TPSA) is 41.6 Å². The smallest absolute Gasteiger partial charge is 0.220 e. The lowest BCUT2D eigenvalue weighted by atomic mass is 9.76. The van der Waals surface area contributed by atoms with Gasteiger partial charge in [0.05, 0.1) is 0 Å². The molecule has 1 fully saturated rings. The zero-order chi connectivity index (χ0) is 22.7. The Morgan fingerprint density at radius 3 is 2.62 bits per heavy atom. The van der Waals surface area contributed by atoms with Gasteiger partial charge in [0.1, 0.15) is 11.4 Å². The van der Waals surface area contributed by atoms with Crippen LogP contribution in [0.3, 0.4) is 0 Å². The molecule has 0 bridgehead atoms. The molecule has 2 aliphatic rings. The lowest BCUT2D eigenvalue weighted by Crippen LogP contribution is -2.50. The number of hydrogen-bond donors (Lipinski definition) is 1. The van der Waals surface area contributed by atoms with Gasteiger partial charge in [-0.25, -0.2) is 8.78 Å². The number of hydrogen-bond acceptors (Lipinski definition) is 3. The summed E-state index contributed by atoms with van der Waals surface area (Å²) >= 11 is 0. The van der Waals surface area contributed by atoms with E-state index in [9.17, 15) is 13.6 Å². The first-order chi connectivity index (χ1) is 15.3. The van der Waals surface area contributed by atoms with Gasteiger partial charge in [0.25, 0.3) is 0 Å². The second kappa shape index (κ2) is 9.57. The van der Waals surface area contributed by atoms with E-state index in [2.05, 4.69) is 30.1 Å². The molecule has 2 aliphatic heterocycles. The van der Waals surface area contributed by atoms with Gasteiger partial charge in [0.15, 0.2) is 11.6 Å². The van der Waals surface area contributed by atoms with Crippen molar-refractivity contribution in [2.75, 3.05) is 19.6 Å². The molecule has 2 aromatic carbocycles. The van der Waals surface area contributed by atoms with Crippen molar-refractivity contribution in [2.24, 2.45) is 5.92 Å². The molecule has 6 heteroatoms. The van der Waals surface area contributed by atoms with Crippen LogP contribution >= 0.6 is 0 Å². The van der Waals surface area contributed by atoms with Crippen molar-refractivity contribution in [3.8, 4) is 5.75 Å². The minimum absolute atomic E-state index is 0.0892. The van der Waals surface area contributed by atoms with Crippen molar-refractivity contribution in [1.29, 1.82) is 0 Å². The average Bonchev–Trinajstić information content (AvgIpc) is 2.77. The molecule has 0 radical (unpaired) electrons. The van der Waals surface area contributed by atoms with Crippen LogP contribution in [0.25, 0.3) is 0 Å². The Bertz CT molecular complexity index is 955. The van der Waals surface area contributed by atoms with Crippen molar-refractivity contribution in [3.05, 3.63) is 65.2 Å². The zero-order valence-corrected chi connectivity index (χ0v) is 18.9. The molecule has 1 saturated heterocycles. The summed E-state index contributed by atoms with van der Waals surface area (Å²) in [5.41, 5.74) is 1.60. The van der Waals surface area contributed by atoms with Crippen LogP contribution in [0, 0.1) is 17.6 Å². The van der Waals surface area contributed by atoms with E-state index in [-0.39, 0.29) is 17.4 Å². The summed E-state index contributed by atoms with van der Waals surface area (Å²) in [6.45, 7) is 7.08. The van der Waals surface area contributed by atoms with Crippen molar-refractivity contribution in [3.63, 3.8) is 0 Å². The van der Waals surface area contributed by atoms with Crippen LogP contribution in [0.1, 0.15) is 56.6 Å². The lowest BCUT2D eigenvalue weighted by Gasteiger charge is -2.47. The molecule has 1 unspecified atom stereocenters. The summed E-state index contributed by atoms with van der Waals surface area (Å²) < 4.78 is 33.3. The summed E-state index contributed by atoms with van der Waals surface area (Å²) in [7, 11) is 0. The SMILES string of the molecule is CC(C)CNC(=O)CC1CC2(CCN(Cc3ccc(F)c(F)c3)CC2)Oc2ccccc21. The van der Waals surface area contributed by atoms with Gasteiger partial charge in [-0.15, -0.1) is 0 Å². The van der Waals surface area contributed by atoms with Crippen LogP contribution in [0.4, 0.5) is 8.78 Å². The van der Waals surface area contributed by atoms with E-state index >= 15 is 0 Å². The van der Waals surface area contributed by atoms with Gasteiger partial charge in [0.2, 0.25) is 5.91 Å². The number of carbonyl (C=O) groups is 1. The number of para-hydroxylation sites is 1. The van der Waals surface area contributed by atoms with Gasteiger partial charge < -0.3 is 10.1 Å². The fourth-order valence-electron chi connectivity index (χ4n) is 4.86. The highest BCUT2D eigenvalue weighted by molar-refractivity contribution is 5.77. The van der Waals surface area contributed by atoms with Crippen molar-refractivity contribution in [2.45, 2.75) is 57.6 Å². The average molecular weight is 443 g/mol. The molecule has 0 aromatic heterocycles. The number of likely N-dealkylation sites (tertiary alicyclic amines) is 1. The molecular formula is C26H32F2N2O2. The Kier molecular flexibility index (Phi) is 6.79. The molecule has 2 aromatic rings. The first kappa shape index (κ1) is 22.7. The number of nitrogens with one attached hydrogen (secondary N) is 1. The monoisotopic (exact) mass is 442 g/mol. The number of carbonyl (C=O) groups excluding carboxylic acids is 1. The Morgan fingerprint density at radius 1 is 1.16 bits per heavy atom. The lowest BCUT2D eigenvalue weighted by molar-refractivity contribution is -0.122. The van der Waals surface area contributed by atoms with E-state index < -0.39 is 11.6 Å². The third-order valence-corrected chi connectivity index (χ3v) is 6.60. The maximum absolute atomic E-state index is 13.6. The first-order valence-corrected chi connectivity index (χ1v) is 11.5. The molecular weight excluding hydrogens is 410 g/mol. The molecule has 172 valence electrons. The summed E-state index contributed by atoms with van der Waals surface area (Å²) in [4.78, 5) is 14.8. The minimum atomic E-state index is -0.816. The Hall–Kier alpha value is -2.47. The molecule has 1 atom stereocenters. The highest BCUT2D eigenvalue weighted by atomic mass is 19.2. The number of amides is 1. The van der Waals surface area contributed by atoms with Gasteiger partial charge in [0, 0.05) is 38.5 Å². The summed E-state index contributed by atoms with van der Waals surface area (Å²) in [6, 6.07) is 12.2. The maximum atomic E-state index is 13.6. The van der Waals surface area contributed by atoms with Crippen molar-refractivity contribution < 1.29 is 18.3 Å². The number of nitrogens with zero attached hydrogens (tertiary/aromatic N) is 1. The van der Waals surface area contributed by atoms with Crippen LogP contribution in [-0.4, -0.2) is 36.0 Å². The molecule has 0 saturated carbocycles. The zero-order valence-electron chi connectivity index (χ0n) is 18.9. The summed E-state index contributed by atoms with van der Waals surface area (Å²) in [5.74, 6) is -0.0947. The standard InChI is InChI=1S/C26H32F2N2O2/c1-18(2)16-29-25(31)14-20-15-26(32-24-6-4-3-5-21(20)24)9-11-30(12-10-26)17-19-7-8-22(27)23(28)13-19/h3-8,13,18,20H,9-12,14-17H2,1-2H3,(H,29,31). The van der Waals surface area contributed by atoms with Gasteiger partial charge in [-0.1, -0.05) is 38.1 Å². The number of fused-ring (bicyclic) bond motifs is 1. The van der Waals surface area contributed by atoms with E-state index in [0.29, 0.717) is 25.4 Å². The summed E-state index contributed by atoms with van der Waals surface area (Å²) in [5, 5.41) is 3.05. The number of halogens is 2. The molecule has 32 heavy (non-hydrogen) atoms. The first-order valence-electron chi connectivity index (χ1n) is 11.5. The molecule has 2 heterocycles. The van der Waals surface area contributed by atoms with E-state index in [0.717, 1.165) is 49.2 Å². The fraction of sp³-hybridized carbons (Fsp3) is 0.500. The minimum Gasteiger partial charge on any atom is -0.487 e. The number of rotatable bonds is 6. The van der Waals surface area contributed by atoms with Crippen LogP contribution < -0.4 is 10.1 Å². The predicted molar refractivity (Wildman–Crippen MR) is 120 cm³/mol. The van der Waals surface area contributed by atoms with Gasteiger partial charge >= 0.3 is 0 Å². The van der Waals surface area contributed by atoms with Crippen LogP contribution in [0.15, 0.2) is 42.5 Å². The highest BCUT2D eigenvalue weighted by Crippen LogP contribution is 2.46. The Balaban J connectivity index is 1.42. The molecule has 1 spiro atoms. The normalized spacial score (nSPS) is 20.1. The van der Waals surface area contributed by atoms with Crippen LogP contribution in [-0.2, 0) is 11.3 Å². The molecule has 0 aliphatic carbocycles. The van der Waals surface area contributed by atoms with Crippen molar-refractivity contribution in [1.82, 2.24) is 10.2 Å². The van der Waals surface area contributed by atoms with Crippen molar-refractivity contribution >= 4 is 5.91 Å². The number of benzene rings is 2. The maximum Gasteiger partial charge on any atom is 0.220 e. The third-order valence-electron chi connectivity index (χ3n) is 6.60. The largest absolute Gasteiger partial charge is 0.487 e. The van der Waals surface area contributed by atoms with E-state index in [1.165, 1.54) is 12.1 Å². The predicted octanol–water partition coefficient (Wildman–Crippen LogP) is 5.03. The van der Waals surface area contributed by atoms with Gasteiger partial charge in [-0.2, -0.15) is 0 Å². The van der Waals surface area contributed by atoms with E-state index in [4.69, 9.17) is 4.74 Å². The Morgan fingerprint density at radius 2 is 1.91 bits per heavy atom. The third kappa shape index (κ3) is 5.29. The van der Waals surface area contributed by atoms with Gasteiger partial charge in [-0.05, 0) is 54.5 Å². The second-order valence-electron chi connectivity index (χ2n) is 9.65. The molecule has 1 N–H and O–H groups in total. The van der Waals surface area contributed by atoms with E-state index in [1.54, 1.807) is 6.07 Å². The quantitative estimate of drug-likeness (QED) is 0.682. The highest BCUT2D eigenvalue weighted by Gasteiger charge is 2.43. The van der Waals surface area contributed by atoms with Crippen LogP contribution in [0.2, 0.25) is 0 Å². The van der Waals surface area contributed by atoms with Gasteiger partial charge in [-0.3, -0.25) is 9.69 Å². The van der Waals surface area contributed by atoms with Crippen LogP contribution in [0.5, 0.6) is 5.75 Å². The molecule has 1 amide bonds.